The highest BCUT2D eigenvalue weighted by Crippen LogP contribution is 2.15. The van der Waals surface area contributed by atoms with Crippen LogP contribution in [0, 0.1) is 5.82 Å². The molecule has 0 aromatic heterocycles. The molecule has 0 aliphatic carbocycles. The Morgan fingerprint density at radius 3 is 2.84 bits per heavy atom. The van der Waals surface area contributed by atoms with Gasteiger partial charge in [-0.15, -0.1) is 0 Å². The van der Waals surface area contributed by atoms with Gasteiger partial charge in [0, 0.05) is 19.1 Å². The first-order chi connectivity index (χ1) is 11.8. The largest absolute Gasteiger partial charge is 0.444 e. The van der Waals surface area contributed by atoms with Crippen molar-refractivity contribution in [3.63, 3.8) is 0 Å². The maximum absolute atomic E-state index is 13.8. The highest BCUT2D eigenvalue weighted by molar-refractivity contribution is 5.68. The van der Waals surface area contributed by atoms with Gasteiger partial charge in [-0.2, -0.15) is 0 Å². The molecule has 1 aromatic rings. The van der Waals surface area contributed by atoms with Crippen LogP contribution in [0.15, 0.2) is 24.3 Å². The number of benzene rings is 1. The molecule has 140 valence electrons. The number of amides is 1. The van der Waals surface area contributed by atoms with E-state index in [-0.39, 0.29) is 24.0 Å². The molecule has 0 bridgehead atoms. The van der Waals surface area contributed by atoms with E-state index in [2.05, 4.69) is 5.32 Å². The molecule has 2 rings (SSSR count). The number of hydrogen-bond acceptors (Lipinski definition) is 4. The molecule has 1 aliphatic rings. The lowest BCUT2D eigenvalue weighted by atomic mass is 10.1. The second kappa shape index (κ2) is 8.63. The fraction of sp³-hybridized carbons (Fsp3) is 0.632. The molecule has 5 nitrogen and oxygen atoms in total. The summed E-state index contributed by atoms with van der Waals surface area (Å²) in [5.41, 5.74) is 0.164. The third kappa shape index (κ3) is 6.29. The summed E-state index contributed by atoms with van der Waals surface area (Å²) in [6, 6.07) is 6.79. The average Bonchev–Trinajstić information content (AvgIpc) is 2.54. The van der Waals surface area contributed by atoms with Crippen LogP contribution in [0.25, 0.3) is 0 Å². The van der Waals surface area contributed by atoms with E-state index in [9.17, 15) is 9.18 Å². The molecule has 0 radical (unpaired) electrons. The molecule has 6 heteroatoms. The van der Waals surface area contributed by atoms with Gasteiger partial charge < -0.3 is 14.8 Å². The number of nitrogens with one attached hydrogen (secondary N) is 1. The summed E-state index contributed by atoms with van der Waals surface area (Å²) in [5, 5.41) is 3.38. The molecule has 2 atom stereocenters. The number of halogens is 1. The minimum absolute atomic E-state index is 0.0827. The molecule has 1 aliphatic heterocycles. The van der Waals surface area contributed by atoms with Crippen LogP contribution in [0.2, 0.25) is 0 Å². The Hall–Kier alpha value is -1.66. The number of nitrogens with zero attached hydrogens (tertiary/aromatic N) is 1. The standard InChI is InChI=1S/C19H29FN2O3/c1-14(11-15-7-5-6-8-17(15)20)21-12-16-13-24-10-9-22(16)18(23)25-19(2,3)4/h5-8,14,16,21H,9-13H2,1-4H3. The number of hydrogen-bond donors (Lipinski definition) is 1. The van der Waals surface area contributed by atoms with Gasteiger partial charge in [0.25, 0.3) is 0 Å². The second-order valence-corrected chi connectivity index (χ2v) is 7.51. The van der Waals surface area contributed by atoms with Crippen LogP contribution in [0.3, 0.4) is 0 Å². The molecule has 0 saturated carbocycles. The Morgan fingerprint density at radius 1 is 1.44 bits per heavy atom. The first kappa shape index (κ1) is 19.7. The molecule has 0 spiro atoms. The number of ether oxygens (including phenoxy) is 2. The number of rotatable bonds is 5. The highest BCUT2D eigenvalue weighted by Gasteiger charge is 2.31. The minimum Gasteiger partial charge on any atom is -0.444 e. The Labute approximate surface area is 149 Å². The van der Waals surface area contributed by atoms with E-state index >= 15 is 0 Å². The molecular formula is C19H29FN2O3. The van der Waals surface area contributed by atoms with Crippen molar-refractivity contribution < 1.29 is 18.7 Å². The van der Waals surface area contributed by atoms with Gasteiger partial charge in [0.2, 0.25) is 0 Å². The topological polar surface area (TPSA) is 50.8 Å². The first-order valence-electron chi connectivity index (χ1n) is 8.80. The molecule has 1 heterocycles. The van der Waals surface area contributed by atoms with Gasteiger partial charge in [0.1, 0.15) is 11.4 Å². The molecule has 1 aromatic carbocycles. The smallest absolute Gasteiger partial charge is 0.410 e. The van der Waals surface area contributed by atoms with Crippen molar-refractivity contribution in [2.24, 2.45) is 0 Å². The Morgan fingerprint density at radius 2 is 2.16 bits per heavy atom. The van der Waals surface area contributed by atoms with Crippen molar-refractivity contribution in [3.8, 4) is 0 Å². The van der Waals surface area contributed by atoms with Gasteiger partial charge in [-0.3, -0.25) is 4.90 Å². The zero-order valence-corrected chi connectivity index (χ0v) is 15.5. The molecule has 1 fully saturated rings. The van der Waals surface area contributed by atoms with Crippen molar-refractivity contribution in [3.05, 3.63) is 35.6 Å². The predicted octanol–water partition coefficient (Wildman–Crippen LogP) is 2.98. The van der Waals surface area contributed by atoms with Crippen LogP contribution in [-0.2, 0) is 15.9 Å². The summed E-state index contributed by atoms with van der Waals surface area (Å²) in [5.74, 6) is -0.187. The summed E-state index contributed by atoms with van der Waals surface area (Å²) in [6.07, 6.45) is 0.275. The third-order valence-corrected chi connectivity index (χ3v) is 4.04. The van der Waals surface area contributed by atoms with Crippen LogP contribution in [-0.4, -0.2) is 55.0 Å². The monoisotopic (exact) mass is 352 g/mol. The number of carbonyl (C=O) groups is 1. The molecule has 1 saturated heterocycles. The average molecular weight is 352 g/mol. The fourth-order valence-corrected chi connectivity index (χ4v) is 2.79. The van der Waals surface area contributed by atoms with Crippen molar-refractivity contribution >= 4 is 6.09 Å². The third-order valence-electron chi connectivity index (χ3n) is 4.04. The van der Waals surface area contributed by atoms with E-state index < -0.39 is 5.60 Å². The van der Waals surface area contributed by atoms with Gasteiger partial charge in [-0.1, -0.05) is 18.2 Å². The van der Waals surface area contributed by atoms with Crippen LogP contribution in [0.4, 0.5) is 9.18 Å². The van der Waals surface area contributed by atoms with Crippen molar-refractivity contribution in [1.82, 2.24) is 10.2 Å². The Balaban J connectivity index is 1.88. The zero-order valence-electron chi connectivity index (χ0n) is 15.5. The van der Waals surface area contributed by atoms with Gasteiger partial charge in [0.05, 0.1) is 19.3 Å². The van der Waals surface area contributed by atoms with Crippen molar-refractivity contribution in [2.45, 2.75) is 51.8 Å². The molecule has 1 N–H and O–H groups in total. The van der Waals surface area contributed by atoms with Crippen LogP contribution >= 0.6 is 0 Å². The maximum atomic E-state index is 13.8. The lowest BCUT2D eigenvalue weighted by Crippen LogP contribution is -2.55. The number of morpholine rings is 1. The zero-order chi connectivity index (χ0) is 18.4. The molecule has 1 amide bonds. The molecule has 25 heavy (non-hydrogen) atoms. The minimum atomic E-state index is -0.522. The quantitative estimate of drug-likeness (QED) is 0.885. The summed E-state index contributed by atoms with van der Waals surface area (Å²) in [7, 11) is 0. The van der Waals surface area contributed by atoms with E-state index in [1.165, 1.54) is 6.07 Å². The second-order valence-electron chi connectivity index (χ2n) is 7.51. The van der Waals surface area contributed by atoms with Crippen molar-refractivity contribution in [2.75, 3.05) is 26.3 Å². The number of carbonyl (C=O) groups excluding carboxylic acids is 1. The Bertz CT molecular complexity index is 574. The van der Waals surface area contributed by atoms with Crippen LogP contribution in [0.1, 0.15) is 33.3 Å². The lowest BCUT2D eigenvalue weighted by Gasteiger charge is -2.37. The van der Waals surface area contributed by atoms with E-state index in [1.54, 1.807) is 17.0 Å². The van der Waals surface area contributed by atoms with Crippen LogP contribution in [0.5, 0.6) is 0 Å². The highest BCUT2D eigenvalue weighted by atomic mass is 19.1. The first-order valence-corrected chi connectivity index (χ1v) is 8.80. The predicted molar refractivity (Wildman–Crippen MR) is 95.1 cm³/mol. The lowest BCUT2D eigenvalue weighted by molar-refractivity contribution is -0.0321. The van der Waals surface area contributed by atoms with Gasteiger partial charge >= 0.3 is 6.09 Å². The summed E-state index contributed by atoms with van der Waals surface area (Å²) in [4.78, 5) is 14.1. The van der Waals surface area contributed by atoms with Crippen LogP contribution < -0.4 is 5.32 Å². The Kier molecular flexibility index (Phi) is 6.79. The SMILES string of the molecule is CC(Cc1ccccc1F)NCC1COCCN1C(=O)OC(C)(C)C. The summed E-state index contributed by atoms with van der Waals surface area (Å²) >= 11 is 0. The summed E-state index contributed by atoms with van der Waals surface area (Å²) in [6.45, 7) is 9.66. The summed E-state index contributed by atoms with van der Waals surface area (Å²) < 4.78 is 24.7. The maximum Gasteiger partial charge on any atom is 0.410 e. The van der Waals surface area contributed by atoms with Gasteiger partial charge in [0.15, 0.2) is 0 Å². The molecule has 2 unspecified atom stereocenters. The van der Waals surface area contributed by atoms with Crippen molar-refractivity contribution in [1.29, 1.82) is 0 Å². The van der Waals surface area contributed by atoms with Gasteiger partial charge in [-0.05, 0) is 45.7 Å². The normalized spacial score (nSPS) is 19.6. The molecular weight excluding hydrogens is 323 g/mol. The van der Waals surface area contributed by atoms with Gasteiger partial charge in [-0.25, -0.2) is 9.18 Å². The fourth-order valence-electron chi connectivity index (χ4n) is 2.79. The van der Waals surface area contributed by atoms with E-state index in [4.69, 9.17) is 9.47 Å². The van der Waals surface area contributed by atoms with E-state index in [0.717, 1.165) is 0 Å². The van der Waals surface area contributed by atoms with E-state index in [0.29, 0.717) is 38.3 Å². The van der Waals surface area contributed by atoms with E-state index in [1.807, 2.05) is 33.8 Å².